The largest absolute Gasteiger partial charge is 0.326 e. The minimum absolute atomic E-state index is 0.0790. The lowest BCUT2D eigenvalue weighted by molar-refractivity contribution is -0.117. The molecule has 4 heteroatoms. The van der Waals surface area contributed by atoms with E-state index in [1.165, 1.54) is 11.1 Å². The van der Waals surface area contributed by atoms with E-state index < -0.39 is 0 Å². The van der Waals surface area contributed by atoms with Crippen LogP contribution in [0.4, 0.5) is 5.69 Å². The topological polar surface area (TPSA) is 41.1 Å². The lowest BCUT2D eigenvalue weighted by Gasteiger charge is -2.39. The summed E-state index contributed by atoms with van der Waals surface area (Å²) in [6.45, 7) is 2.00. The van der Waals surface area contributed by atoms with Gasteiger partial charge in [0, 0.05) is 23.7 Å². The highest BCUT2D eigenvalue weighted by atomic mass is 35.5. The van der Waals surface area contributed by atoms with Crippen LogP contribution in [0.25, 0.3) is 5.57 Å². The van der Waals surface area contributed by atoms with Crippen LogP contribution in [0.2, 0.25) is 5.02 Å². The summed E-state index contributed by atoms with van der Waals surface area (Å²) in [6, 6.07) is 18.1. The molecule has 2 unspecified atom stereocenters. The van der Waals surface area contributed by atoms with Crippen molar-refractivity contribution in [1.82, 2.24) is 5.32 Å². The highest BCUT2D eigenvalue weighted by Gasteiger charge is 2.34. The average Bonchev–Trinajstić information content (AvgIpc) is 2.69. The van der Waals surface area contributed by atoms with E-state index in [1.807, 2.05) is 18.2 Å². The van der Waals surface area contributed by atoms with E-state index in [4.69, 9.17) is 11.6 Å². The Labute approximate surface area is 165 Å². The zero-order valence-corrected chi connectivity index (χ0v) is 16.1. The summed E-state index contributed by atoms with van der Waals surface area (Å²) in [7, 11) is 0. The van der Waals surface area contributed by atoms with Gasteiger partial charge in [0.05, 0.1) is 0 Å². The van der Waals surface area contributed by atoms with Crippen molar-refractivity contribution in [2.24, 2.45) is 11.8 Å². The summed E-state index contributed by atoms with van der Waals surface area (Å²) >= 11 is 6.02. The van der Waals surface area contributed by atoms with Gasteiger partial charge in [0.15, 0.2) is 0 Å². The molecule has 140 valence electrons. The minimum atomic E-state index is 0.0790. The van der Waals surface area contributed by atoms with Crippen molar-refractivity contribution in [1.29, 1.82) is 0 Å². The van der Waals surface area contributed by atoms with Gasteiger partial charge in [0.1, 0.15) is 0 Å². The molecule has 0 spiro atoms. The first-order chi connectivity index (χ1) is 13.2. The molecule has 1 aliphatic heterocycles. The first-order valence-electron chi connectivity index (χ1n) is 9.74. The minimum Gasteiger partial charge on any atom is -0.326 e. The van der Waals surface area contributed by atoms with Crippen molar-refractivity contribution in [3.8, 4) is 0 Å². The second-order valence-corrected chi connectivity index (χ2v) is 7.93. The van der Waals surface area contributed by atoms with Gasteiger partial charge in [-0.25, -0.2) is 0 Å². The van der Waals surface area contributed by atoms with Crippen molar-refractivity contribution in [2.45, 2.75) is 25.7 Å². The zero-order valence-electron chi connectivity index (χ0n) is 15.4. The second kappa shape index (κ2) is 8.28. The van der Waals surface area contributed by atoms with Crippen molar-refractivity contribution < 1.29 is 4.79 Å². The molecule has 1 heterocycles. The third-order valence-electron chi connectivity index (χ3n) is 5.78. The molecule has 1 fully saturated rings. The molecule has 1 amide bonds. The quantitative estimate of drug-likeness (QED) is 0.770. The molecule has 0 bridgehead atoms. The lowest BCUT2D eigenvalue weighted by Crippen LogP contribution is -2.39. The Morgan fingerprint density at radius 1 is 1.11 bits per heavy atom. The maximum Gasteiger partial charge on any atom is 0.224 e. The Balaban J connectivity index is 1.50. The van der Waals surface area contributed by atoms with Crippen molar-refractivity contribution in [2.75, 3.05) is 18.4 Å². The summed E-state index contributed by atoms with van der Waals surface area (Å²) in [5.74, 6) is 0.919. The monoisotopic (exact) mass is 380 g/mol. The van der Waals surface area contributed by atoms with Crippen LogP contribution >= 0.6 is 11.6 Å². The Morgan fingerprint density at radius 2 is 1.96 bits per heavy atom. The van der Waals surface area contributed by atoms with Gasteiger partial charge in [-0.3, -0.25) is 4.79 Å². The number of halogens is 1. The number of allylic oxidation sites excluding steroid dienone is 1. The van der Waals surface area contributed by atoms with Crippen LogP contribution in [-0.2, 0) is 4.79 Å². The molecule has 2 aliphatic rings. The van der Waals surface area contributed by atoms with Gasteiger partial charge in [0.25, 0.3) is 0 Å². The van der Waals surface area contributed by atoms with E-state index >= 15 is 0 Å². The maximum atomic E-state index is 12.6. The number of piperidine rings is 1. The molecule has 2 N–H and O–H groups in total. The number of amides is 1. The van der Waals surface area contributed by atoms with Crippen LogP contribution in [0.3, 0.4) is 0 Å². The normalized spacial score (nSPS) is 22.3. The molecule has 2 aromatic carbocycles. The van der Waals surface area contributed by atoms with Gasteiger partial charge in [-0.05, 0) is 67.0 Å². The third kappa shape index (κ3) is 4.26. The third-order valence-corrected chi connectivity index (χ3v) is 6.02. The number of nitrogens with one attached hydrogen (secondary N) is 2. The van der Waals surface area contributed by atoms with Gasteiger partial charge < -0.3 is 10.6 Å². The number of anilines is 1. The molecular weight excluding hydrogens is 356 g/mol. The molecule has 3 nitrogen and oxygen atoms in total. The highest BCUT2D eigenvalue weighted by molar-refractivity contribution is 6.30. The standard InChI is InChI=1S/C23H25ClN2O/c24-18-7-4-8-19(14-18)26-23(27)13-17-9-10-20(16-5-2-1-3-6-16)21-11-12-25-15-22(17)21/h1-8,14,17,22,25H,9-13,15H2,(H,26,27). The summed E-state index contributed by atoms with van der Waals surface area (Å²) in [6.07, 6.45) is 3.76. The SMILES string of the molecule is O=C(CC1CCC(c2ccccc2)=C2CCNCC21)Nc1cccc(Cl)c1. The van der Waals surface area contributed by atoms with Crippen LogP contribution < -0.4 is 10.6 Å². The van der Waals surface area contributed by atoms with Gasteiger partial charge in [-0.1, -0.05) is 53.6 Å². The molecule has 4 rings (SSSR count). The summed E-state index contributed by atoms with van der Waals surface area (Å²) in [5, 5.41) is 7.18. The van der Waals surface area contributed by atoms with E-state index in [9.17, 15) is 4.79 Å². The van der Waals surface area contributed by atoms with Crippen molar-refractivity contribution in [3.63, 3.8) is 0 Å². The predicted octanol–water partition coefficient (Wildman–Crippen LogP) is 5.14. The van der Waals surface area contributed by atoms with Crippen LogP contribution in [0, 0.1) is 11.8 Å². The Morgan fingerprint density at radius 3 is 2.78 bits per heavy atom. The van der Waals surface area contributed by atoms with Crippen molar-refractivity contribution in [3.05, 3.63) is 70.8 Å². The van der Waals surface area contributed by atoms with Gasteiger partial charge in [0.2, 0.25) is 5.91 Å². The Bertz CT molecular complexity index is 846. The first-order valence-corrected chi connectivity index (χ1v) is 10.1. The van der Waals surface area contributed by atoms with E-state index in [0.29, 0.717) is 23.3 Å². The molecule has 1 saturated heterocycles. The molecule has 1 aliphatic carbocycles. The van der Waals surface area contributed by atoms with E-state index in [0.717, 1.165) is 38.0 Å². The highest BCUT2D eigenvalue weighted by Crippen LogP contribution is 2.43. The van der Waals surface area contributed by atoms with Crippen molar-refractivity contribution >= 4 is 28.8 Å². The van der Waals surface area contributed by atoms with Crippen LogP contribution in [0.15, 0.2) is 60.2 Å². The molecule has 2 atom stereocenters. The second-order valence-electron chi connectivity index (χ2n) is 7.49. The lowest BCUT2D eigenvalue weighted by atomic mass is 9.70. The number of rotatable bonds is 4. The molecular formula is C23H25ClN2O. The molecule has 0 aromatic heterocycles. The number of hydrogen-bond acceptors (Lipinski definition) is 2. The fourth-order valence-corrected chi connectivity index (χ4v) is 4.73. The number of hydrogen-bond donors (Lipinski definition) is 2. The Kier molecular flexibility index (Phi) is 5.61. The average molecular weight is 381 g/mol. The summed E-state index contributed by atoms with van der Waals surface area (Å²) < 4.78 is 0. The molecule has 0 radical (unpaired) electrons. The van der Waals surface area contributed by atoms with E-state index in [2.05, 4.69) is 41.0 Å². The number of carbonyl (C=O) groups excluding carboxylic acids is 1. The number of benzene rings is 2. The number of fused-ring (bicyclic) bond motifs is 1. The fourth-order valence-electron chi connectivity index (χ4n) is 4.54. The smallest absolute Gasteiger partial charge is 0.224 e. The molecule has 2 aromatic rings. The van der Waals surface area contributed by atoms with Gasteiger partial charge >= 0.3 is 0 Å². The van der Waals surface area contributed by atoms with Crippen LogP contribution in [0.5, 0.6) is 0 Å². The Hall–Kier alpha value is -2.10. The zero-order chi connectivity index (χ0) is 18.6. The van der Waals surface area contributed by atoms with Gasteiger partial charge in [-0.15, -0.1) is 0 Å². The molecule has 0 saturated carbocycles. The molecule has 27 heavy (non-hydrogen) atoms. The number of carbonyl (C=O) groups is 1. The van der Waals surface area contributed by atoms with Crippen LogP contribution in [0.1, 0.15) is 31.2 Å². The van der Waals surface area contributed by atoms with Crippen LogP contribution in [-0.4, -0.2) is 19.0 Å². The van der Waals surface area contributed by atoms with Gasteiger partial charge in [-0.2, -0.15) is 0 Å². The van der Waals surface area contributed by atoms with E-state index in [1.54, 1.807) is 11.6 Å². The van der Waals surface area contributed by atoms with E-state index in [-0.39, 0.29) is 5.91 Å². The predicted molar refractivity (Wildman–Crippen MR) is 112 cm³/mol. The summed E-state index contributed by atoms with van der Waals surface area (Å²) in [4.78, 5) is 12.6. The fraction of sp³-hybridized carbons (Fsp3) is 0.348. The summed E-state index contributed by atoms with van der Waals surface area (Å²) in [5.41, 5.74) is 5.19. The maximum absolute atomic E-state index is 12.6. The first kappa shape index (κ1) is 18.3.